The fourth-order valence-electron chi connectivity index (χ4n) is 2.34. The predicted molar refractivity (Wildman–Crippen MR) is 101 cm³/mol. The van der Waals surface area contributed by atoms with Gasteiger partial charge in [-0.3, -0.25) is 0 Å². The summed E-state index contributed by atoms with van der Waals surface area (Å²) in [6.07, 6.45) is 20.9. The van der Waals surface area contributed by atoms with Gasteiger partial charge in [-0.25, -0.2) is 0 Å². The van der Waals surface area contributed by atoms with E-state index in [4.69, 9.17) is 9.90 Å². The van der Waals surface area contributed by atoms with Crippen LogP contribution >= 0.6 is 0 Å². The van der Waals surface area contributed by atoms with Crippen LogP contribution in [0, 0.1) is 0 Å². The number of rotatable bonds is 15. The number of allylic oxidation sites excluding steroid dienone is 2. The van der Waals surface area contributed by atoms with Crippen LogP contribution in [0.5, 0.6) is 0 Å². The maximum absolute atomic E-state index is 10.2. The molecule has 0 spiro atoms. The van der Waals surface area contributed by atoms with Gasteiger partial charge in [0.25, 0.3) is 0 Å². The number of hydrogen-bond donors (Lipinski definition) is 0. The Labute approximate surface area is 184 Å². The molecule has 0 saturated carbocycles. The Morgan fingerprint density at radius 2 is 1.08 bits per heavy atom. The second-order valence-electron chi connectivity index (χ2n) is 6.20. The van der Waals surface area contributed by atoms with Gasteiger partial charge in [-0.05, 0) is 45.4 Å². The first-order chi connectivity index (χ1) is 11.5. The van der Waals surface area contributed by atoms with Crippen molar-refractivity contribution in [3.8, 4) is 0 Å². The van der Waals surface area contributed by atoms with E-state index in [1.54, 1.807) is 0 Å². The number of carboxylic acid groups (broad SMARTS) is 2. The van der Waals surface area contributed by atoms with Gasteiger partial charge in [-0.2, -0.15) is 0 Å². The first kappa shape index (κ1) is 29.7. The zero-order chi connectivity index (χ0) is 18.5. The second kappa shape index (κ2) is 26.2. The van der Waals surface area contributed by atoms with E-state index in [1.165, 1.54) is 64.2 Å². The molecule has 5 heteroatoms. The van der Waals surface area contributed by atoms with Crippen LogP contribution in [0.25, 0.3) is 0 Å². The van der Waals surface area contributed by atoms with Gasteiger partial charge >= 0.3 is 37.7 Å². The zero-order valence-electron chi connectivity index (χ0n) is 16.4. The zero-order valence-corrected chi connectivity index (χ0v) is 18.6. The van der Waals surface area contributed by atoms with Crippen molar-refractivity contribution in [2.24, 2.45) is 0 Å². The van der Waals surface area contributed by atoms with E-state index in [0.29, 0.717) is 0 Å². The second-order valence-corrected chi connectivity index (χ2v) is 6.20. The minimum atomic E-state index is -1.08. The molecule has 0 bridgehead atoms. The van der Waals surface area contributed by atoms with E-state index in [9.17, 15) is 9.90 Å². The van der Waals surface area contributed by atoms with Gasteiger partial charge in [-0.15, -0.1) is 0 Å². The molecule has 0 N–H and O–H groups in total. The van der Waals surface area contributed by atoms with Crippen LogP contribution < -0.4 is 10.2 Å². The number of carbonyl (C=O) groups is 2. The molecule has 0 atom stereocenters. The first-order valence-electron chi connectivity index (χ1n) is 9.53. The van der Waals surface area contributed by atoms with Crippen LogP contribution in [0.3, 0.4) is 0 Å². The van der Waals surface area contributed by atoms with Crippen molar-refractivity contribution < 1.29 is 19.8 Å². The van der Waals surface area contributed by atoms with Crippen LogP contribution in [0.4, 0.5) is 0 Å². The fourth-order valence-corrected chi connectivity index (χ4v) is 2.34. The number of carbonyl (C=O) groups excluding carboxylic acids is 2. The van der Waals surface area contributed by atoms with Crippen molar-refractivity contribution in [2.75, 3.05) is 0 Å². The molecule has 142 valence electrons. The van der Waals surface area contributed by atoms with Crippen molar-refractivity contribution in [3.05, 3.63) is 12.2 Å². The Morgan fingerprint density at radius 3 is 1.48 bits per heavy atom. The van der Waals surface area contributed by atoms with Crippen LogP contribution in [-0.4, -0.2) is 49.7 Å². The predicted octanol–water partition coefficient (Wildman–Crippen LogP) is 3.15. The van der Waals surface area contributed by atoms with Crippen molar-refractivity contribution >= 4 is 49.7 Å². The number of hydrogen-bond acceptors (Lipinski definition) is 4. The van der Waals surface area contributed by atoms with E-state index >= 15 is 0 Å². The van der Waals surface area contributed by atoms with Gasteiger partial charge < -0.3 is 19.8 Å². The van der Waals surface area contributed by atoms with E-state index in [1.807, 2.05) is 0 Å². The number of carboxylic acids is 2. The van der Waals surface area contributed by atoms with Gasteiger partial charge in [-0.1, -0.05) is 70.4 Å². The largest absolute Gasteiger partial charge is 2.00 e. The topological polar surface area (TPSA) is 80.3 Å². The Balaban J connectivity index is -0.000000867. The molecule has 0 aromatic heterocycles. The first-order valence-corrected chi connectivity index (χ1v) is 9.53. The van der Waals surface area contributed by atoms with Crippen LogP contribution in [0.2, 0.25) is 0 Å². The van der Waals surface area contributed by atoms with Crippen molar-refractivity contribution in [1.29, 1.82) is 0 Å². The molecule has 0 rings (SSSR count). The molecule has 0 aromatic rings. The summed E-state index contributed by atoms with van der Waals surface area (Å²) < 4.78 is 0. The van der Waals surface area contributed by atoms with Gasteiger partial charge in [0.15, 0.2) is 0 Å². The molecular weight excluding hydrogens is 344 g/mol. The van der Waals surface area contributed by atoms with Crippen LogP contribution in [0.1, 0.15) is 104 Å². The Hall–Kier alpha value is -0.0603. The Kier molecular flexibility index (Phi) is 31.1. The molecule has 0 fully saturated rings. The van der Waals surface area contributed by atoms with Gasteiger partial charge in [0.2, 0.25) is 0 Å². The maximum atomic E-state index is 10.2. The smallest absolute Gasteiger partial charge is 0.550 e. The summed E-state index contributed by atoms with van der Waals surface area (Å²) in [6, 6.07) is 0. The third-order valence-electron chi connectivity index (χ3n) is 3.64. The Morgan fingerprint density at radius 1 is 0.720 bits per heavy atom. The fraction of sp³-hybridized carbons (Fsp3) is 0.800. The van der Waals surface area contributed by atoms with Crippen molar-refractivity contribution in [3.63, 3.8) is 0 Å². The average molecular weight is 381 g/mol. The molecule has 4 nitrogen and oxygen atoms in total. The summed E-state index contributed by atoms with van der Waals surface area (Å²) in [4.78, 5) is 19.1. The molecule has 0 saturated heterocycles. The summed E-state index contributed by atoms with van der Waals surface area (Å²) in [5, 5.41) is 19.1. The summed E-state index contributed by atoms with van der Waals surface area (Å²) in [6.45, 7) is 3.23. The third-order valence-corrected chi connectivity index (χ3v) is 3.64. The Bertz CT molecular complexity index is 313. The van der Waals surface area contributed by atoms with E-state index in [2.05, 4.69) is 19.1 Å². The molecular formula is C20H36CaO4. The molecule has 0 aliphatic heterocycles. The van der Waals surface area contributed by atoms with E-state index in [0.717, 1.165) is 26.2 Å². The normalized spacial score (nSPS) is 10.0. The molecule has 0 aliphatic rings. The minimum Gasteiger partial charge on any atom is -0.550 e. The maximum Gasteiger partial charge on any atom is 2.00 e. The molecule has 0 radical (unpaired) electrons. The molecule has 25 heavy (non-hydrogen) atoms. The molecule has 0 aliphatic carbocycles. The molecule has 0 unspecified atom stereocenters. The van der Waals surface area contributed by atoms with E-state index < -0.39 is 11.9 Å². The van der Waals surface area contributed by atoms with Gasteiger partial charge in [0.05, 0.1) is 0 Å². The molecule has 0 amide bonds. The minimum absolute atomic E-state index is 0. The van der Waals surface area contributed by atoms with Crippen LogP contribution in [-0.2, 0) is 9.59 Å². The SMILES string of the molecule is CC(=O)[O-].CCCCCCCCC=CCCCCCCCC(=O)[O-].[Ca+2]. The number of unbranched alkanes of at least 4 members (excludes halogenated alkanes) is 11. The summed E-state index contributed by atoms with van der Waals surface area (Å²) >= 11 is 0. The standard InChI is InChI=1S/C18H34O2.C2H4O2.Ca/c1-2-3-4-5-6-7-8-9-10-11-12-13-14-15-16-17-18(19)20;1-2(3)4;/h9-10H,2-8,11-17H2,1H3,(H,19,20);1H3,(H,3,4);/q;;+2/p-2. The van der Waals surface area contributed by atoms with Gasteiger partial charge in [0, 0.05) is 11.9 Å². The average Bonchev–Trinajstić information content (AvgIpc) is 2.50. The summed E-state index contributed by atoms with van der Waals surface area (Å²) in [7, 11) is 0. The summed E-state index contributed by atoms with van der Waals surface area (Å²) in [5.41, 5.74) is 0. The molecule has 0 aromatic carbocycles. The summed E-state index contributed by atoms with van der Waals surface area (Å²) in [5.74, 6) is -2.00. The molecule has 0 heterocycles. The number of aliphatic carboxylic acids is 2. The monoisotopic (exact) mass is 380 g/mol. The van der Waals surface area contributed by atoms with Crippen molar-refractivity contribution in [2.45, 2.75) is 104 Å². The quantitative estimate of drug-likeness (QED) is 0.248. The van der Waals surface area contributed by atoms with Crippen LogP contribution in [0.15, 0.2) is 12.2 Å². The van der Waals surface area contributed by atoms with Crippen molar-refractivity contribution in [1.82, 2.24) is 0 Å². The third kappa shape index (κ3) is 40.2. The van der Waals surface area contributed by atoms with E-state index in [-0.39, 0.29) is 44.2 Å². The van der Waals surface area contributed by atoms with Gasteiger partial charge in [0.1, 0.15) is 0 Å².